The van der Waals surface area contributed by atoms with Crippen LogP contribution in [0.1, 0.15) is 5.56 Å². The van der Waals surface area contributed by atoms with Crippen molar-refractivity contribution in [2.75, 3.05) is 7.11 Å². The lowest BCUT2D eigenvalue weighted by Crippen LogP contribution is -2.35. The molecular weight excluding hydrogens is 176 g/mol. The summed E-state index contributed by atoms with van der Waals surface area (Å²) in [5.74, 6) is 8.67. The van der Waals surface area contributed by atoms with E-state index < -0.39 is 0 Å². The average Bonchev–Trinajstić information content (AvgIpc) is 2.26. The number of ether oxygens (including phenoxy) is 1. The van der Waals surface area contributed by atoms with Crippen LogP contribution in [0.4, 0.5) is 0 Å². The zero-order chi connectivity index (χ0) is 10.4. The highest BCUT2D eigenvalue weighted by molar-refractivity contribution is 5.29. The summed E-state index contributed by atoms with van der Waals surface area (Å²) in [6, 6.07) is 7.62. The highest BCUT2D eigenvalue weighted by Crippen LogP contribution is 2.13. The van der Waals surface area contributed by atoms with Crippen LogP contribution in [0.25, 0.3) is 0 Å². The third kappa shape index (κ3) is 2.77. The van der Waals surface area contributed by atoms with Gasteiger partial charge in [0, 0.05) is 6.42 Å². The fourth-order valence-electron chi connectivity index (χ4n) is 1.20. The van der Waals surface area contributed by atoms with E-state index in [-0.39, 0.29) is 6.04 Å². The fourth-order valence-corrected chi connectivity index (χ4v) is 1.20. The first-order valence-electron chi connectivity index (χ1n) is 4.35. The van der Waals surface area contributed by atoms with E-state index in [1.54, 1.807) is 7.11 Å². The van der Waals surface area contributed by atoms with E-state index in [1.807, 2.05) is 24.3 Å². The van der Waals surface area contributed by atoms with E-state index in [0.717, 1.165) is 11.3 Å². The van der Waals surface area contributed by atoms with Gasteiger partial charge in [-0.3, -0.25) is 5.84 Å². The lowest BCUT2D eigenvalue weighted by Gasteiger charge is -2.09. The Labute approximate surface area is 84.2 Å². The maximum absolute atomic E-state index is 5.28. The van der Waals surface area contributed by atoms with Crippen LogP contribution in [0.3, 0.4) is 0 Å². The number of hydrogen-bond acceptors (Lipinski definition) is 3. The predicted octanol–water partition coefficient (Wildman–Crippen LogP) is 0.703. The van der Waals surface area contributed by atoms with Crippen molar-refractivity contribution in [1.29, 1.82) is 0 Å². The fraction of sp³-hybridized carbons (Fsp3) is 0.273. The van der Waals surface area contributed by atoms with Crippen LogP contribution in [0, 0.1) is 12.3 Å². The summed E-state index contributed by atoms with van der Waals surface area (Å²) in [6.07, 6.45) is 5.98. The Morgan fingerprint density at radius 3 is 3.00 bits per heavy atom. The average molecular weight is 190 g/mol. The third-order valence-electron chi connectivity index (χ3n) is 1.98. The van der Waals surface area contributed by atoms with E-state index in [2.05, 4.69) is 11.3 Å². The predicted molar refractivity (Wildman–Crippen MR) is 56.6 cm³/mol. The topological polar surface area (TPSA) is 47.3 Å². The van der Waals surface area contributed by atoms with Crippen LogP contribution in [-0.4, -0.2) is 13.2 Å². The van der Waals surface area contributed by atoms with Crippen molar-refractivity contribution in [2.45, 2.75) is 12.5 Å². The summed E-state index contributed by atoms with van der Waals surface area (Å²) in [4.78, 5) is 0. The summed E-state index contributed by atoms with van der Waals surface area (Å²) < 4.78 is 5.10. The molecule has 1 aromatic carbocycles. The van der Waals surface area contributed by atoms with Gasteiger partial charge in [-0.1, -0.05) is 18.1 Å². The number of hydrogen-bond donors (Lipinski definition) is 2. The lowest BCUT2D eigenvalue weighted by molar-refractivity contribution is 0.414. The van der Waals surface area contributed by atoms with Gasteiger partial charge in [0.25, 0.3) is 0 Å². The van der Waals surface area contributed by atoms with Crippen molar-refractivity contribution >= 4 is 0 Å². The van der Waals surface area contributed by atoms with Crippen LogP contribution in [0.5, 0.6) is 5.75 Å². The number of benzene rings is 1. The van der Waals surface area contributed by atoms with Gasteiger partial charge in [0.1, 0.15) is 5.75 Å². The normalized spacial score (nSPS) is 11.8. The first-order valence-corrected chi connectivity index (χ1v) is 4.35. The molecule has 0 aromatic heterocycles. The Kier molecular flexibility index (Phi) is 3.99. The minimum absolute atomic E-state index is 0.137. The maximum Gasteiger partial charge on any atom is 0.119 e. The molecule has 0 aliphatic heterocycles. The second-order valence-corrected chi connectivity index (χ2v) is 2.94. The van der Waals surface area contributed by atoms with Gasteiger partial charge in [-0.05, 0) is 17.7 Å². The standard InChI is InChI=1S/C11H14N2O/c1-3-10(13-12)7-9-5-4-6-11(8-9)14-2/h1,4-6,8,10,13H,7,12H2,2H3. The number of nitrogens with one attached hydrogen (secondary N) is 1. The monoisotopic (exact) mass is 190 g/mol. The van der Waals surface area contributed by atoms with E-state index in [9.17, 15) is 0 Å². The molecule has 0 heterocycles. The zero-order valence-corrected chi connectivity index (χ0v) is 8.16. The molecular formula is C11H14N2O. The molecule has 3 nitrogen and oxygen atoms in total. The second kappa shape index (κ2) is 5.28. The molecule has 0 amide bonds. The summed E-state index contributed by atoms with van der Waals surface area (Å²) in [5, 5.41) is 0. The lowest BCUT2D eigenvalue weighted by atomic mass is 10.1. The van der Waals surface area contributed by atoms with Gasteiger partial charge in [0.15, 0.2) is 0 Å². The van der Waals surface area contributed by atoms with E-state index in [1.165, 1.54) is 0 Å². The van der Waals surface area contributed by atoms with Crippen molar-refractivity contribution in [3.63, 3.8) is 0 Å². The molecule has 14 heavy (non-hydrogen) atoms. The van der Waals surface area contributed by atoms with Crippen LogP contribution >= 0.6 is 0 Å². The third-order valence-corrected chi connectivity index (χ3v) is 1.98. The van der Waals surface area contributed by atoms with Crippen LogP contribution < -0.4 is 16.0 Å². The van der Waals surface area contributed by atoms with Crippen LogP contribution in [0.2, 0.25) is 0 Å². The van der Waals surface area contributed by atoms with Gasteiger partial charge in [0.2, 0.25) is 0 Å². The van der Waals surface area contributed by atoms with E-state index in [0.29, 0.717) is 6.42 Å². The first kappa shape index (κ1) is 10.6. The molecule has 1 aromatic rings. The number of nitrogens with two attached hydrogens (primary N) is 1. The van der Waals surface area contributed by atoms with Crippen LogP contribution in [-0.2, 0) is 6.42 Å². The van der Waals surface area contributed by atoms with Crippen molar-refractivity contribution < 1.29 is 4.74 Å². The zero-order valence-electron chi connectivity index (χ0n) is 8.16. The molecule has 3 N–H and O–H groups in total. The van der Waals surface area contributed by atoms with Gasteiger partial charge in [-0.25, -0.2) is 5.43 Å². The Morgan fingerprint density at radius 1 is 1.64 bits per heavy atom. The van der Waals surface area contributed by atoms with Gasteiger partial charge in [-0.15, -0.1) is 6.42 Å². The highest BCUT2D eigenvalue weighted by atomic mass is 16.5. The molecule has 1 rings (SSSR count). The van der Waals surface area contributed by atoms with Gasteiger partial charge < -0.3 is 4.74 Å². The summed E-state index contributed by atoms with van der Waals surface area (Å²) in [5.41, 5.74) is 3.66. The van der Waals surface area contributed by atoms with Crippen molar-refractivity contribution in [3.05, 3.63) is 29.8 Å². The van der Waals surface area contributed by atoms with Crippen molar-refractivity contribution in [3.8, 4) is 18.1 Å². The molecule has 0 saturated carbocycles. The number of rotatable bonds is 4. The Morgan fingerprint density at radius 2 is 2.43 bits per heavy atom. The molecule has 74 valence electrons. The molecule has 0 radical (unpaired) electrons. The SMILES string of the molecule is C#CC(Cc1cccc(OC)c1)NN. The van der Waals surface area contributed by atoms with E-state index in [4.69, 9.17) is 17.0 Å². The molecule has 0 bridgehead atoms. The summed E-state index contributed by atoms with van der Waals surface area (Å²) >= 11 is 0. The van der Waals surface area contributed by atoms with Crippen molar-refractivity contribution in [1.82, 2.24) is 5.43 Å². The number of terminal acetylenes is 1. The quantitative estimate of drug-likeness (QED) is 0.417. The van der Waals surface area contributed by atoms with Crippen LogP contribution in [0.15, 0.2) is 24.3 Å². The second-order valence-electron chi connectivity index (χ2n) is 2.94. The number of hydrazine groups is 1. The van der Waals surface area contributed by atoms with Gasteiger partial charge >= 0.3 is 0 Å². The van der Waals surface area contributed by atoms with Gasteiger partial charge in [0.05, 0.1) is 13.2 Å². The highest BCUT2D eigenvalue weighted by Gasteiger charge is 2.03. The minimum atomic E-state index is -0.137. The molecule has 1 atom stereocenters. The Bertz CT molecular complexity index is 330. The number of methoxy groups -OCH3 is 1. The first-order chi connectivity index (χ1) is 6.80. The molecule has 0 spiro atoms. The summed E-state index contributed by atoms with van der Waals surface area (Å²) in [6.45, 7) is 0. The van der Waals surface area contributed by atoms with E-state index >= 15 is 0 Å². The van der Waals surface area contributed by atoms with Gasteiger partial charge in [-0.2, -0.15) is 0 Å². The minimum Gasteiger partial charge on any atom is -0.497 e. The maximum atomic E-state index is 5.28. The van der Waals surface area contributed by atoms with Crippen molar-refractivity contribution in [2.24, 2.45) is 5.84 Å². The Balaban J connectivity index is 2.71. The smallest absolute Gasteiger partial charge is 0.119 e. The molecule has 3 heteroatoms. The molecule has 0 saturated heterocycles. The molecule has 0 aliphatic carbocycles. The molecule has 0 aliphatic rings. The molecule has 1 unspecified atom stereocenters. The largest absolute Gasteiger partial charge is 0.497 e. The molecule has 0 fully saturated rings. The Hall–Kier alpha value is -1.50. The summed E-state index contributed by atoms with van der Waals surface area (Å²) in [7, 11) is 1.64.